The highest BCUT2D eigenvalue weighted by Gasteiger charge is 2.22. The summed E-state index contributed by atoms with van der Waals surface area (Å²) in [4.78, 5) is 12.9. The first-order chi connectivity index (χ1) is 8.15. The third-order valence-corrected chi connectivity index (χ3v) is 4.27. The lowest BCUT2D eigenvalue weighted by atomic mass is 10.3. The minimum atomic E-state index is -0.163. The molecule has 1 saturated heterocycles. The minimum absolute atomic E-state index is 0.135. The number of nitrogens with zero attached hydrogens (tertiary/aromatic N) is 1. The summed E-state index contributed by atoms with van der Waals surface area (Å²) in [5, 5.41) is 0. The number of thiocarbonyl (C=S) groups is 1. The first kappa shape index (κ1) is 14.7. The van der Waals surface area contributed by atoms with Gasteiger partial charge in [0.05, 0.1) is 7.11 Å². The zero-order valence-electron chi connectivity index (χ0n) is 10.3. The molecule has 0 spiro atoms. The van der Waals surface area contributed by atoms with Crippen LogP contribution >= 0.6 is 24.0 Å². The fourth-order valence-electron chi connectivity index (χ4n) is 1.56. The molecule has 0 aromatic rings. The predicted molar refractivity (Wildman–Crippen MR) is 73.0 cm³/mol. The molecule has 0 unspecified atom stereocenters. The van der Waals surface area contributed by atoms with E-state index in [2.05, 4.69) is 4.74 Å². The van der Waals surface area contributed by atoms with Gasteiger partial charge in [-0.25, -0.2) is 0 Å². The Morgan fingerprint density at radius 1 is 1.65 bits per heavy atom. The summed E-state index contributed by atoms with van der Waals surface area (Å²) in [5.74, 6) is 0.675. The van der Waals surface area contributed by atoms with E-state index in [9.17, 15) is 4.79 Å². The van der Waals surface area contributed by atoms with Crippen LogP contribution in [0, 0.1) is 0 Å². The normalized spacial score (nSPS) is 19.1. The number of thioether (sulfide) groups is 1. The smallest absolute Gasteiger partial charge is 0.305 e. The topological polar surface area (TPSA) is 38.8 Å². The van der Waals surface area contributed by atoms with Crippen molar-refractivity contribution in [3.63, 3.8) is 0 Å². The zero-order chi connectivity index (χ0) is 12.7. The van der Waals surface area contributed by atoms with Crippen LogP contribution in [0.25, 0.3) is 0 Å². The number of rotatable bonds is 5. The van der Waals surface area contributed by atoms with Gasteiger partial charge in [0.25, 0.3) is 0 Å². The monoisotopic (exact) mass is 277 g/mol. The van der Waals surface area contributed by atoms with Crippen LogP contribution in [0.1, 0.15) is 25.7 Å². The molecule has 0 bridgehead atoms. The first-order valence-corrected chi connectivity index (χ1v) is 7.12. The van der Waals surface area contributed by atoms with Gasteiger partial charge in [0.15, 0.2) is 0 Å². The molecule has 6 heteroatoms. The lowest BCUT2D eigenvalue weighted by Gasteiger charge is -2.25. The van der Waals surface area contributed by atoms with Crippen molar-refractivity contribution < 1.29 is 14.3 Å². The van der Waals surface area contributed by atoms with E-state index in [-0.39, 0.29) is 12.2 Å². The Bertz CT molecular complexity index is 267. The number of methoxy groups -OCH3 is 1. The van der Waals surface area contributed by atoms with Gasteiger partial charge >= 0.3 is 5.97 Å². The van der Waals surface area contributed by atoms with Crippen LogP contribution in [-0.4, -0.2) is 47.9 Å². The van der Waals surface area contributed by atoms with Crippen molar-refractivity contribution in [3.05, 3.63) is 0 Å². The Kier molecular flexibility index (Phi) is 6.84. The maximum Gasteiger partial charge on any atom is 0.305 e. The predicted octanol–water partition coefficient (Wildman–Crippen LogP) is 2.03. The van der Waals surface area contributed by atoms with Crippen LogP contribution in [0.4, 0.5) is 0 Å². The van der Waals surface area contributed by atoms with Crippen LogP contribution < -0.4 is 0 Å². The largest absolute Gasteiger partial charge is 0.469 e. The van der Waals surface area contributed by atoms with E-state index >= 15 is 0 Å². The van der Waals surface area contributed by atoms with Crippen LogP contribution in [0.3, 0.4) is 0 Å². The van der Waals surface area contributed by atoms with Gasteiger partial charge < -0.3 is 14.4 Å². The Balaban J connectivity index is 2.13. The van der Waals surface area contributed by atoms with E-state index in [1.807, 2.05) is 11.9 Å². The maximum atomic E-state index is 10.9. The SMILES string of the molecule is COC(=O)CCCSC(=S)N(C)[C@H]1CCCO1. The average molecular weight is 277 g/mol. The Labute approximate surface area is 112 Å². The van der Waals surface area contributed by atoms with E-state index in [0.717, 1.165) is 35.9 Å². The van der Waals surface area contributed by atoms with Gasteiger partial charge in [-0.15, -0.1) is 0 Å². The molecule has 1 aliphatic rings. The minimum Gasteiger partial charge on any atom is -0.469 e. The van der Waals surface area contributed by atoms with Crippen molar-refractivity contribution in [1.29, 1.82) is 0 Å². The van der Waals surface area contributed by atoms with Crippen molar-refractivity contribution in [2.45, 2.75) is 31.9 Å². The summed E-state index contributed by atoms with van der Waals surface area (Å²) in [6, 6.07) is 0. The fourth-order valence-corrected chi connectivity index (χ4v) is 2.72. The van der Waals surface area contributed by atoms with Crippen molar-refractivity contribution in [3.8, 4) is 0 Å². The number of carbonyl (C=O) groups is 1. The highest BCUT2D eigenvalue weighted by atomic mass is 32.2. The lowest BCUT2D eigenvalue weighted by Crippen LogP contribution is -2.33. The van der Waals surface area contributed by atoms with Crippen LogP contribution in [0.15, 0.2) is 0 Å². The van der Waals surface area contributed by atoms with E-state index in [1.165, 1.54) is 7.11 Å². The fraction of sp³-hybridized carbons (Fsp3) is 0.818. The van der Waals surface area contributed by atoms with Gasteiger partial charge in [0.2, 0.25) is 0 Å². The number of carbonyl (C=O) groups excluding carboxylic acids is 1. The van der Waals surface area contributed by atoms with Gasteiger partial charge in [0.1, 0.15) is 10.5 Å². The molecule has 1 atom stereocenters. The molecule has 4 nitrogen and oxygen atoms in total. The molecule has 1 aliphatic heterocycles. The van der Waals surface area contributed by atoms with Crippen LogP contribution in [0.2, 0.25) is 0 Å². The number of esters is 1. The molecule has 98 valence electrons. The molecule has 0 radical (unpaired) electrons. The molecule has 0 aliphatic carbocycles. The summed E-state index contributed by atoms with van der Waals surface area (Å²) in [7, 11) is 3.37. The zero-order valence-corrected chi connectivity index (χ0v) is 11.9. The molecule has 17 heavy (non-hydrogen) atoms. The molecule has 0 saturated carbocycles. The van der Waals surface area contributed by atoms with Gasteiger partial charge in [-0.05, 0) is 19.3 Å². The summed E-state index contributed by atoms with van der Waals surface area (Å²) in [6.07, 6.45) is 3.52. The van der Waals surface area contributed by atoms with Crippen molar-refractivity contribution in [1.82, 2.24) is 4.90 Å². The highest BCUT2D eigenvalue weighted by Crippen LogP contribution is 2.20. The summed E-state index contributed by atoms with van der Waals surface area (Å²) in [6.45, 7) is 0.824. The molecule has 1 rings (SSSR count). The number of hydrogen-bond donors (Lipinski definition) is 0. The number of hydrogen-bond acceptors (Lipinski definition) is 5. The average Bonchev–Trinajstić information content (AvgIpc) is 2.86. The molecule has 0 N–H and O–H groups in total. The molecule has 1 heterocycles. The standard InChI is InChI=1S/C11H19NO3S2/c1-12(9-5-3-7-15-9)11(16)17-8-4-6-10(13)14-2/h9H,3-8H2,1-2H3/t9-/m1/s1. The van der Waals surface area contributed by atoms with E-state index in [4.69, 9.17) is 17.0 Å². The Morgan fingerprint density at radius 3 is 3.00 bits per heavy atom. The van der Waals surface area contributed by atoms with Gasteiger partial charge in [0, 0.05) is 25.8 Å². The van der Waals surface area contributed by atoms with Crippen molar-refractivity contribution in [2.75, 3.05) is 26.5 Å². The molecular formula is C11H19NO3S2. The van der Waals surface area contributed by atoms with Gasteiger partial charge in [-0.3, -0.25) is 4.79 Å². The third kappa shape index (κ3) is 5.23. The van der Waals surface area contributed by atoms with Gasteiger partial charge in [-0.1, -0.05) is 24.0 Å². The van der Waals surface area contributed by atoms with Gasteiger partial charge in [-0.2, -0.15) is 0 Å². The summed E-state index contributed by atoms with van der Waals surface area (Å²) >= 11 is 6.91. The Morgan fingerprint density at radius 2 is 2.41 bits per heavy atom. The Hall–Kier alpha value is -0.330. The molecule has 0 amide bonds. The van der Waals surface area contributed by atoms with Crippen LogP contribution in [0.5, 0.6) is 0 Å². The second-order valence-electron chi connectivity index (χ2n) is 3.87. The molecular weight excluding hydrogens is 258 g/mol. The molecule has 0 aromatic carbocycles. The van der Waals surface area contributed by atoms with Crippen molar-refractivity contribution in [2.24, 2.45) is 0 Å². The van der Waals surface area contributed by atoms with Crippen molar-refractivity contribution >= 4 is 34.3 Å². The lowest BCUT2D eigenvalue weighted by molar-refractivity contribution is -0.140. The van der Waals surface area contributed by atoms with Crippen LogP contribution in [-0.2, 0) is 14.3 Å². The molecule has 0 aromatic heterocycles. The summed E-state index contributed by atoms with van der Waals surface area (Å²) < 4.78 is 11.0. The second kappa shape index (κ2) is 7.89. The summed E-state index contributed by atoms with van der Waals surface area (Å²) in [5.41, 5.74) is 0. The second-order valence-corrected chi connectivity index (χ2v) is 5.60. The van der Waals surface area contributed by atoms with E-state index in [1.54, 1.807) is 11.8 Å². The number of ether oxygens (including phenoxy) is 2. The quantitative estimate of drug-likeness (QED) is 0.435. The first-order valence-electron chi connectivity index (χ1n) is 5.73. The highest BCUT2D eigenvalue weighted by molar-refractivity contribution is 8.22. The third-order valence-electron chi connectivity index (χ3n) is 2.60. The maximum absolute atomic E-state index is 10.9. The van der Waals surface area contributed by atoms with E-state index in [0.29, 0.717) is 6.42 Å². The molecule has 1 fully saturated rings. The van der Waals surface area contributed by atoms with E-state index < -0.39 is 0 Å².